The molecule has 6 heteroatoms. The summed E-state index contributed by atoms with van der Waals surface area (Å²) < 4.78 is 13.6. The third kappa shape index (κ3) is 3.38. The molecule has 0 fully saturated rings. The lowest BCUT2D eigenvalue weighted by Gasteiger charge is -2.10. The van der Waals surface area contributed by atoms with Gasteiger partial charge in [0.2, 0.25) is 0 Å². The molecule has 0 unspecified atom stereocenters. The second-order valence-corrected chi connectivity index (χ2v) is 4.85. The number of carboxylic acids is 1. The number of hydrogen-bond donors (Lipinski definition) is 2. The topological polar surface area (TPSA) is 66.4 Å². The molecule has 1 amide bonds. The van der Waals surface area contributed by atoms with Crippen molar-refractivity contribution in [2.75, 3.05) is 5.32 Å². The number of hydrogen-bond acceptors (Lipinski definition) is 2. The fourth-order valence-electron chi connectivity index (χ4n) is 1.80. The molecule has 2 aromatic carbocycles. The van der Waals surface area contributed by atoms with Crippen molar-refractivity contribution >= 4 is 29.2 Å². The quantitative estimate of drug-likeness (QED) is 0.907. The van der Waals surface area contributed by atoms with Crippen LogP contribution in [0.15, 0.2) is 36.4 Å². The number of carbonyl (C=O) groups excluding carboxylic acids is 1. The highest BCUT2D eigenvalue weighted by molar-refractivity contribution is 6.31. The van der Waals surface area contributed by atoms with Crippen LogP contribution in [-0.4, -0.2) is 17.0 Å². The highest BCUT2D eigenvalue weighted by atomic mass is 35.5. The molecular weight excluding hydrogens is 297 g/mol. The molecule has 0 spiro atoms. The maximum atomic E-state index is 13.6. The van der Waals surface area contributed by atoms with Crippen molar-refractivity contribution in [2.45, 2.75) is 6.92 Å². The maximum absolute atomic E-state index is 13.6. The summed E-state index contributed by atoms with van der Waals surface area (Å²) in [7, 11) is 0. The normalized spacial score (nSPS) is 10.2. The van der Waals surface area contributed by atoms with Gasteiger partial charge < -0.3 is 10.4 Å². The molecule has 0 bridgehead atoms. The molecule has 0 aliphatic carbocycles. The Morgan fingerprint density at radius 1 is 1.19 bits per heavy atom. The Morgan fingerprint density at radius 3 is 2.52 bits per heavy atom. The summed E-state index contributed by atoms with van der Waals surface area (Å²) in [6, 6.07) is 7.93. The minimum atomic E-state index is -1.06. The maximum Gasteiger partial charge on any atom is 0.335 e. The number of amides is 1. The molecule has 4 nitrogen and oxygen atoms in total. The summed E-state index contributed by atoms with van der Waals surface area (Å²) in [5.74, 6) is -2.39. The first-order valence-electron chi connectivity index (χ1n) is 5.99. The van der Waals surface area contributed by atoms with Crippen molar-refractivity contribution in [2.24, 2.45) is 0 Å². The van der Waals surface area contributed by atoms with Gasteiger partial charge in [-0.15, -0.1) is 0 Å². The van der Waals surface area contributed by atoms with Crippen LogP contribution in [0.5, 0.6) is 0 Å². The predicted octanol–water partition coefficient (Wildman–Crippen LogP) is 3.74. The minimum absolute atomic E-state index is 0.111. The number of aryl methyl sites for hydroxylation is 1. The minimum Gasteiger partial charge on any atom is -0.478 e. The highest BCUT2D eigenvalue weighted by Gasteiger charge is 2.14. The van der Waals surface area contributed by atoms with E-state index in [1.807, 2.05) is 0 Å². The number of rotatable bonds is 3. The molecule has 0 heterocycles. The third-order valence-corrected chi connectivity index (χ3v) is 3.13. The summed E-state index contributed by atoms with van der Waals surface area (Å²) in [5, 5.41) is 11.7. The molecule has 2 rings (SSSR count). The first-order chi connectivity index (χ1) is 9.88. The van der Waals surface area contributed by atoms with Gasteiger partial charge in [-0.3, -0.25) is 4.79 Å². The van der Waals surface area contributed by atoms with Crippen LogP contribution in [0.1, 0.15) is 26.3 Å². The fourth-order valence-corrected chi connectivity index (χ4v) is 1.97. The van der Waals surface area contributed by atoms with Gasteiger partial charge in [-0.2, -0.15) is 0 Å². The summed E-state index contributed by atoms with van der Waals surface area (Å²) in [6.45, 7) is 1.65. The van der Waals surface area contributed by atoms with E-state index < -0.39 is 17.7 Å². The van der Waals surface area contributed by atoms with Crippen molar-refractivity contribution in [1.29, 1.82) is 0 Å². The number of aromatic carboxylic acids is 1. The summed E-state index contributed by atoms with van der Waals surface area (Å²) in [5.41, 5.74) is 0.902. The van der Waals surface area contributed by atoms with Gasteiger partial charge in [0, 0.05) is 10.7 Å². The van der Waals surface area contributed by atoms with Gasteiger partial charge in [-0.1, -0.05) is 11.6 Å². The van der Waals surface area contributed by atoms with Gasteiger partial charge in [0.1, 0.15) is 5.82 Å². The monoisotopic (exact) mass is 307 g/mol. The molecular formula is C15H11ClFNO3. The second-order valence-electron chi connectivity index (χ2n) is 4.41. The Morgan fingerprint density at radius 2 is 1.90 bits per heavy atom. The number of nitrogens with one attached hydrogen (secondary N) is 1. The molecule has 0 atom stereocenters. The van der Waals surface area contributed by atoms with Crippen molar-refractivity contribution in [1.82, 2.24) is 0 Å². The molecule has 0 aromatic heterocycles. The Bertz CT molecular complexity index is 731. The first kappa shape index (κ1) is 15.0. The zero-order valence-electron chi connectivity index (χ0n) is 11.0. The molecule has 2 aromatic rings. The number of halogens is 2. The van der Waals surface area contributed by atoms with Gasteiger partial charge >= 0.3 is 5.97 Å². The first-order valence-corrected chi connectivity index (χ1v) is 6.36. The molecule has 0 saturated carbocycles. The Kier molecular flexibility index (Phi) is 4.23. The van der Waals surface area contributed by atoms with Crippen LogP contribution in [0.25, 0.3) is 0 Å². The molecule has 2 N–H and O–H groups in total. The van der Waals surface area contributed by atoms with E-state index in [9.17, 15) is 14.0 Å². The van der Waals surface area contributed by atoms with E-state index in [-0.39, 0.29) is 16.1 Å². The molecule has 108 valence electrons. The number of anilines is 1. The lowest BCUT2D eigenvalue weighted by atomic mass is 10.1. The second kappa shape index (κ2) is 5.93. The highest BCUT2D eigenvalue weighted by Crippen LogP contribution is 2.20. The third-order valence-electron chi connectivity index (χ3n) is 2.89. The number of carboxylic acid groups (broad SMARTS) is 1. The Labute approximate surface area is 125 Å². The van der Waals surface area contributed by atoms with E-state index in [4.69, 9.17) is 16.7 Å². The predicted molar refractivity (Wildman–Crippen MR) is 77.5 cm³/mol. The number of carbonyl (C=O) groups is 2. The number of benzene rings is 2. The van der Waals surface area contributed by atoms with Gasteiger partial charge in [-0.25, -0.2) is 9.18 Å². The lowest BCUT2D eigenvalue weighted by molar-refractivity contribution is 0.0696. The van der Waals surface area contributed by atoms with E-state index in [0.717, 1.165) is 6.07 Å². The van der Waals surface area contributed by atoms with Crippen molar-refractivity contribution in [3.05, 3.63) is 63.9 Å². The van der Waals surface area contributed by atoms with Crippen LogP contribution in [-0.2, 0) is 0 Å². The zero-order chi connectivity index (χ0) is 15.6. The van der Waals surface area contributed by atoms with Crippen LogP contribution in [0.3, 0.4) is 0 Å². The SMILES string of the molecule is Cc1cc(C(=O)O)ccc1NC(=O)c1cc(Cl)ccc1F. The smallest absolute Gasteiger partial charge is 0.335 e. The fraction of sp³-hybridized carbons (Fsp3) is 0.0667. The molecule has 0 aliphatic heterocycles. The van der Waals surface area contributed by atoms with Crippen molar-refractivity contribution in [3.63, 3.8) is 0 Å². The van der Waals surface area contributed by atoms with Crippen LogP contribution in [0, 0.1) is 12.7 Å². The molecule has 0 aliphatic rings. The lowest BCUT2D eigenvalue weighted by Crippen LogP contribution is -2.14. The van der Waals surface area contributed by atoms with E-state index in [1.54, 1.807) is 6.92 Å². The summed E-state index contributed by atoms with van der Waals surface area (Å²) in [6.07, 6.45) is 0. The van der Waals surface area contributed by atoms with Crippen LogP contribution < -0.4 is 5.32 Å². The largest absolute Gasteiger partial charge is 0.478 e. The van der Waals surface area contributed by atoms with Crippen LogP contribution in [0.2, 0.25) is 5.02 Å². The van der Waals surface area contributed by atoms with Crippen LogP contribution >= 0.6 is 11.6 Å². The Balaban J connectivity index is 2.27. The summed E-state index contributed by atoms with van der Waals surface area (Å²) >= 11 is 5.74. The van der Waals surface area contributed by atoms with E-state index in [2.05, 4.69) is 5.32 Å². The molecule has 0 radical (unpaired) electrons. The molecule has 0 saturated heterocycles. The average Bonchev–Trinajstić information content (AvgIpc) is 2.43. The van der Waals surface area contributed by atoms with Gasteiger partial charge in [-0.05, 0) is 48.9 Å². The van der Waals surface area contributed by atoms with Gasteiger partial charge in [0.25, 0.3) is 5.91 Å². The van der Waals surface area contributed by atoms with Crippen molar-refractivity contribution < 1.29 is 19.1 Å². The van der Waals surface area contributed by atoms with Crippen LogP contribution in [0.4, 0.5) is 10.1 Å². The summed E-state index contributed by atoms with van der Waals surface area (Å²) in [4.78, 5) is 22.9. The van der Waals surface area contributed by atoms with Crippen molar-refractivity contribution in [3.8, 4) is 0 Å². The standard InChI is InChI=1S/C15H11ClFNO3/c1-8-6-9(15(20)21)2-5-13(8)18-14(19)11-7-10(16)3-4-12(11)17/h2-7H,1H3,(H,18,19)(H,20,21). The van der Waals surface area contributed by atoms with Gasteiger partial charge in [0.15, 0.2) is 0 Å². The zero-order valence-corrected chi connectivity index (χ0v) is 11.7. The van der Waals surface area contributed by atoms with E-state index in [1.165, 1.54) is 30.3 Å². The molecule has 21 heavy (non-hydrogen) atoms. The average molecular weight is 308 g/mol. The van der Waals surface area contributed by atoms with E-state index >= 15 is 0 Å². The van der Waals surface area contributed by atoms with Gasteiger partial charge in [0.05, 0.1) is 11.1 Å². The van der Waals surface area contributed by atoms with E-state index in [0.29, 0.717) is 11.3 Å². The Hall–Kier alpha value is -2.40.